The fourth-order valence-electron chi connectivity index (χ4n) is 3.16. The number of benzene rings is 3. The first-order chi connectivity index (χ1) is 13.8. The number of fused-ring (bicyclic) bond motifs is 1. The van der Waals surface area contributed by atoms with Crippen molar-refractivity contribution in [1.82, 2.24) is 4.90 Å². The monoisotopic (exact) mass is 411 g/mol. The largest absolute Gasteiger partial charge is 0.383 e. The molecule has 0 N–H and O–H groups in total. The van der Waals surface area contributed by atoms with Gasteiger partial charge in [0.15, 0.2) is 0 Å². The molecule has 0 aliphatic carbocycles. The van der Waals surface area contributed by atoms with Crippen molar-refractivity contribution in [2.45, 2.75) is 32.9 Å². The average Bonchev–Trinajstić information content (AvgIpc) is 2.70. The highest BCUT2D eigenvalue weighted by molar-refractivity contribution is 7.86. The molecule has 5 nitrogen and oxygen atoms in total. The fourth-order valence-corrected chi connectivity index (χ4v) is 3.62. The second-order valence-corrected chi connectivity index (χ2v) is 8.76. The number of carbonyl (C=O) groups is 1. The van der Waals surface area contributed by atoms with Gasteiger partial charge in [0, 0.05) is 18.2 Å². The molecule has 1 atom stereocenters. The molecule has 0 saturated carbocycles. The van der Waals surface area contributed by atoms with Crippen LogP contribution >= 0.6 is 0 Å². The van der Waals surface area contributed by atoms with Crippen LogP contribution in [0.5, 0.6) is 5.75 Å². The Morgan fingerprint density at radius 1 is 1.00 bits per heavy atom. The lowest BCUT2D eigenvalue weighted by atomic mass is 10.0. The Hall–Kier alpha value is -2.86. The summed E-state index contributed by atoms with van der Waals surface area (Å²) in [7, 11) is -3.56. The molecule has 0 aromatic heterocycles. The van der Waals surface area contributed by atoms with E-state index in [9.17, 15) is 13.2 Å². The average molecular weight is 412 g/mol. The van der Waals surface area contributed by atoms with E-state index in [1.807, 2.05) is 61.2 Å². The molecule has 1 amide bonds. The molecular formula is C23H25NO4S. The number of hydrogen-bond acceptors (Lipinski definition) is 4. The smallest absolute Gasteiger partial charge is 0.306 e. The van der Waals surface area contributed by atoms with E-state index < -0.39 is 10.1 Å². The van der Waals surface area contributed by atoms with Gasteiger partial charge in [-0.3, -0.25) is 4.79 Å². The van der Waals surface area contributed by atoms with Gasteiger partial charge in [-0.1, -0.05) is 49.4 Å². The van der Waals surface area contributed by atoms with E-state index in [0.29, 0.717) is 12.1 Å². The summed E-state index contributed by atoms with van der Waals surface area (Å²) in [5, 5.41) is 2.13. The van der Waals surface area contributed by atoms with E-state index in [0.717, 1.165) is 29.0 Å². The van der Waals surface area contributed by atoms with Gasteiger partial charge < -0.3 is 9.08 Å². The minimum atomic E-state index is -3.56. The van der Waals surface area contributed by atoms with Gasteiger partial charge >= 0.3 is 10.1 Å². The van der Waals surface area contributed by atoms with Gasteiger partial charge in [0.1, 0.15) is 5.75 Å². The third kappa shape index (κ3) is 5.35. The predicted molar refractivity (Wildman–Crippen MR) is 115 cm³/mol. The molecule has 0 saturated heterocycles. The summed E-state index contributed by atoms with van der Waals surface area (Å²) in [5.74, 6) is 0.230. The summed E-state index contributed by atoms with van der Waals surface area (Å²) in [6, 6.07) is 20.5. The van der Waals surface area contributed by atoms with E-state index in [1.165, 1.54) is 0 Å². The number of rotatable bonds is 7. The molecule has 0 radical (unpaired) electrons. The van der Waals surface area contributed by atoms with Crippen LogP contribution in [-0.4, -0.2) is 31.5 Å². The van der Waals surface area contributed by atoms with Gasteiger partial charge in [-0.15, -0.1) is 0 Å². The summed E-state index contributed by atoms with van der Waals surface area (Å²) < 4.78 is 27.4. The quantitative estimate of drug-likeness (QED) is 0.532. The van der Waals surface area contributed by atoms with Crippen LogP contribution in [0.15, 0.2) is 66.7 Å². The lowest BCUT2D eigenvalue weighted by Gasteiger charge is -2.29. The molecule has 0 aliphatic rings. The predicted octanol–water partition coefficient (Wildman–Crippen LogP) is 4.62. The maximum atomic E-state index is 13.3. The second-order valence-electron chi connectivity index (χ2n) is 7.18. The Labute approximate surface area is 172 Å². The number of carbonyl (C=O) groups excluding carboxylic acids is 1. The molecule has 3 aromatic carbocycles. The van der Waals surface area contributed by atoms with E-state index in [-0.39, 0.29) is 17.7 Å². The van der Waals surface area contributed by atoms with Gasteiger partial charge in [-0.05, 0) is 53.9 Å². The Morgan fingerprint density at radius 3 is 2.28 bits per heavy atom. The second kappa shape index (κ2) is 8.66. The van der Waals surface area contributed by atoms with Gasteiger partial charge in [-0.2, -0.15) is 8.42 Å². The van der Waals surface area contributed by atoms with Gasteiger partial charge in [0.05, 0.1) is 6.26 Å². The highest BCUT2D eigenvalue weighted by Gasteiger charge is 2.21. The zero-order chi connectivity index (χ0) is 21.0. The molecule has 0 fully saturated rings. The summed E-state index contributed by atoms with van der Waals surface area (Å²) in [6.07, 6.45) is 1.84. The Morgan fingerprint density at radius 2 is 1.66 bits per heavy atom. The van der Waals surface area contributed by atoms with Crippen LogP contribution in [0.2, 0.25) is 0 Å². The lowest BCUT2D eigenvalue weighted by molar-refractivity contribution is 0.0672. The van der Waals surface area contributed by atoms with Crippen molar-refractivity contribution in [3.63, 3.8) is 0 Å². The van der Waals surface area contributed by atoms with Crippen LogP contribution in [-0.2, 0) is 16.7 Å². The van der Waals surface area contributed by atoms with Crippen molar-refractivity contribution in [2.24, 2.45) is 0 Å². The van der Waals surface area contributed by atoms with Crippen LogP contribution < -0.4 is 4.18 Å². The van der Waals surface area contributed by atoms with Crippen LogP contribution in [0.25, 0.3) is 10.8 Å². The van der Waals surface area contributed by atoms with Gasteiger partial charge in [0.2, 0.25) is 0 Å². The van der Waals surface area contributed by atoms with Gasteiger partial charge in [-0.25, -0.2) is 0 Å². The van der Waals surface area contributed by atoms with Gasteiger partial charge in [0.25, 0.3) is 5.91 Å². The molecule has 3 aromatic rings. The van der Waals surface area contributed by atoms with Crippen molar-refractivity contribution in [3.8, 4) is 5.75 Å². The third-order valence-electron chi connectivity index (χ3n) is 4.90. The molecule has 0 heterocycles. The first-order valence-electron chi connectivity index (χ1n) is 9.55. The first kappa shape index (κ1) is 20.9. The van der Waals surface area contributed by atoms with Crippen molar-refractivity contribution < 1.29 is 17.4 Å². The summed E-state index contributed by atoms with van der Waals surface area (Å²) in [4.78, 5) is 15.1. The van der Waals surface area contributed by atoms with Crippen molar-refractivity contribution in [3.05, 3.63) is 77.9 Å². The first-order valence-corrected chi connectivity index (χ1v) is 11.4. The molecule has 0 aliphatic heterocycles. The van der Waals surface area contributed by atoms with Crippen molar-refractivity contribution >= 4 is 26.8 Å². The van der Waals surface area contributed by atoms with Crippen LogP contribution in [0.3, 0.4) is 0 Å². The Kier molecular flexibility index (Phi) is 6.23. The lowest BCUT2D eigenvalue weighted by Crippen LogP contribution is -2.37. The number of amides is 1. The number of nitrogens with zero attached hydrogens (tertiary/aromatic N) is 1. The maximum absolute atomic E-state index is 13.3. The summed E-state index contributed by atoms with van der Waals surface area (Å²) in [6.45, 7) is 4.51. The summed E-state index contributed by atoms with van der Waals surface area (Å²) >= 11 is 0. The minimum Gasteiger partial charge on any atom is -0.383 e. The Balaban J connectivity index is 1.84. The van der Waals surface area contributed by atoms with Crippen molar-refractivity contribution in [1.29, 1.82) is 0 Å². The normalized spacial score (nSPS) is 12.5. The molecule has 29 heavy (non-hydrogen) atoms. The van der Waals surface area contributed by atoms with Crippen LogP contribution in [0.4, 0.5) is 0 Å². The minimum absolute atomic E-state index is 0.0263. The molecule has 0 bridgehead atoms. The van der Waals surface area contributed by atoms with E-state index >= 15 is 0 Å². The topological polar surface area (TPSA) is 63.7 Å². The molecule has 3 rings (SSSR count). The third-order valence-corrected chi connectivity index (χ3v) is 5.40. The fraction of sp³-hybridized carbons (Fsp3) is 0.261. The maximum Gasteiger partial charge on any atom is 0.306 e. The molecule has 1 unspecified atom stereocenters. The van der Waals surface area contributed by atoms with Crippen LogP contribution in [0.1, 0.15) is 36.2 Å². The standard InChI is InChI=1S/C23H25NO4S/c1-4-17(2)24(16-18-9-13-22(14-10-18)28-29(3,26)27)23(25)21-12-11-19-7-5-6-8-20(19)15-21/h5-15,17H,4,16H2,1-3H3. The SMILES string of the molecule is CCC(C)N(Cc1ccc(OS(C)(=O)=O)cc1)C(=O)c1ccc2ccccc2c1. The Bertz CT molecular complexity index is 1110. The zero-order valence-corrected chi connectivity index (χ0v) is 17.6. The van der Waals surface area contributed by atoms with E-state index in [1.54, 1.807) is 24.3 Å². The highest BCUT2D eigenvalue weighted by atomic mass is 32.2. The molecular weight excluding hydrogens is 386 g/mol. The highest BCUT2D eigenvalue weighted by Crippen LogP contribution is 2.21. The molecule has 152 valence electrons. The van der Waals surface area contributed by atoms with E-state index in [2.05, 4.69) is 0 Å². The molecule has 6 heteroatoms. The molecule has 0 spiro atoms. The van der Waals surface area contributed by atoms with Crippen LogP contribution in [0, 0.1) is 0 Å². The van der Waals surface area contributed by atoms with E-state index in [4.69, 9.17) is 4.18 Å². The van der Waals surface area contributed by atoms with Crippen molar-refractivity contribution in [2.75, 3.05) is 6.26 Å². The zero-order valence-electron chi connectivity index (χ0n) is 16.8. The summed E-state index contributed by atoms with van der Waals surface area (Å²) in [5.41, 5.74) is 1.56. The number of hydrogen-bond donors (Lipinski definition) is 0.